The Morgan fingerprint density at radius 3 is 2.84 bits per heavy atom. The van der Waals surface area contributed by atoms with E-state index < -0.39 is 17.2 Å². The zero-order valence-electron chi connectivity index (χ0n) is 13.6. The van der Waals surface area contributed by atoms with Crippen LogP contribution < -0.4 is 16.6 Å². The number of hydrogen-bond donors (Lipinski definition) is 1. The minimum atomic E-state index is -0.574. The maximum atomic E-state index is 12.2. The zero-order valence-corrected chi connectivity index (χ0v) is 14.4. The van der Waals surface area contributed by atoms with Crippen molar-refractivity contribution in [3.05, 3.63) is 66.7 Å². The van der Waals surface area contributed by atoms with E-state index in [0.717, 1.165) is 20.1 Å². The van der Waals surface area contributed by atoms with Crippen LogP contribution in [0.25, 0.3) is 0 Å². The van der Waals surface area contributed by atoms with Gasteiger partial charge in [-0.3, -0.25) is 18.7 Å². The van der Waals surface area contributed by atoms with Crippen LogP contribution in [0.4, 0.5) is 0 Å². The molecule has 0 aliphatic rings. The van der Waals surface area contributed by atoms with Gasteiger partial charge in [0.2, 0.25) is 5.89 Å². The quantitative estimate of drug-likeness (QED) is 0.687. The summed E-state index contributed by atoms with van der Waals surface area (Å²) in [5, 5.41) is 8.34. The Morgan fingerprint density at radius 1 is 1.32 bits per heavy atom. The van der Waals surface area contributed by atoms with Crippen LogP contribution in [0, 0.1) is 0 Å². The van der Waals surface area contributed by atoms with Gasteiger partial charge in [0.05, 0.1) is 13.0 Å². The average molecular weight is 361 g/mol. The third kappa shape index (κ3) is 3.58. The summed E-state index contributed by atoms with van der Waals surface area (Å²) >= 11 is 1.59. The van der Waals surface area contributed by atoms with Gasteiger partial charge in [0.15, 0.2) is 5.82 Å². The fraction of sp³-hybridized carbons (Fsp3) is 0.267. The number of nitrogens with zero attached hydrogens (tertiary/aromatic N) is 4. The normalized spacial score (nSPS) is 10.8. The molecule has 3 aromatic rings. The van der Waals surface area contributed by atoms with E-state index in [1.165, 1.54) is 14.1 Å². The highest BCUT2D eigenvalue weighted by Gasteiger charge is 2.15. The van der Waals surface area contributed by atoms with Gasteiger partial charge >= 0.3 is 5.69 Å². The first-order valence-corrected chi connectivity index (χ1v) is 8.23. The number of thiophene rings is 1. The number of nitrogens with one attached hydrogen (secondary N) is 1. The van der Waals surface area contributed by atoms with Crippen molar-refractivity contribution in [1.29, 1.82) is 0 Å². The van der Waals surface area contributed by atoms with E-state index in [0.29, 0.717) is 18.1 Å². The molecule has 0 fully saturated rings. The molecule has 0 radical (unpaired) electrons. The zero-order chi connectivity index (χ0) is 18.0. The maximum Gasteiger partial charge on any atom is 0.331 e. The highest BCUT2D eigenvalue weighted by Crippen LogP contribution is 2.13. The third-order valence-corrected chi connectivity index (χ3v) is 4.46. The van der Waals surface area contributed by atoms with Crippen molar-refractivity contribution in [2.75, 3.05) is 0 Å². The van der Waals surface area contributed by atoms with Gasteiger partial charge in [-0.1, -0.05) is 11.2 Å². The molecule has 0 saturated heterocycles. The summed E-state index contributed by atoms with van der Waals surface area (Å²) in [6.45, 7) is 0.0240. The Morgan fingerprint density at radius 2 is 2.12 bits per heavy atom. The van der Waals surface area contributed by atoms with Crippen LogP contribution in [0.3, 0.4) is 0 Å². The summed E-state index contributed by atoms with van der Waals surface area (Å²) in [5.41, 5.74) is -1.16. The van der Waals surface area contributed by atoms with Crippen LogP contribution in [0.15, 0.2) is 37.7 Å². The lowest BCUT2D eigenvalue weighted by molar-refractivity contribution is 0.0939. The second-order valence-corrected chi connectivity index (χ2v) is 6.34. The molecule has 25 heavy (non-hydrogen) atoms. The molecule has 3 aromatic heterocycles. The minimum Gasteiger partial charge on any atom is -0.343 e. The fourth-order valence-corrected chi connectivity index (χ4v) is 2.89. The Kier molecular flexibility index (Phi) is 4.61. The Labute approximate surface area is 145 Å². The van der Waals surface area contributed by atoms with Gasteiger partial charge < -0.3 is 9.84 Å². The predicted octanol–water partition coefficient (Wildman–Crippen LogP) is 0.0493. The second kappa shape index (κ2) is 6.85. The number of carbonyl (C=O) groups is 1. The molecule has 10 heteroatoms. The monoisotopic (exact) mass is 361 g/mol. The third-order valence-electron chi connectivity index (χ3n) is 3.58. The lowest BCUT2D eigenvalue weighted by Crippen LogP contribution is -2.41. The van der Waals surface area contributed by atoms with Crippen LogP contribution in [0.1, 0.15) is 27.1 Å². The van der Waals surface area contributed by atoms with Crippen LogP contribution in [-0.2, 0) is 27.1 Å². The Balaban J connectivity index is 1.68. The summed E-state index contributed by atoms with van der Waals surface area (Å²) < 4.78 is 7.17. The molecular weight excluding hydrogens is 346 g/mol. The molecule has 0 spiro atoms. The van der Waals surface area contributed by atoms with E-state index >= 15 is 0 Å². The number of amides is 1. The molecule has 0 aliphatic heterocycles. The van der Waals surface area contributed by atoms with E-state index in [2.05, 4.69) is 15.5 Å². The number of carbonyl (C=O) groups excluding carboxylic acids is 1. The van der Waals surface area contributed by atoms with Gasteiger partial charge in [0.25, 0.3) is 11.5 Å². The highest BCUT2D eigenvalue weighted by molar-refractivity contribution is 7.09. The van der Waals surface area contributed by atoms with Crippen LogP contribution in [0.2, 0.25) is 0 Å². The van der Waals surface area contributed by atoms with E-state index in [-0.39, 0.29) is 12.2 Å². The molecule has 3 rings (SSSR count). The van der Waals surface area contributed by atoms with Gasteiger partial charge in [0.1, 0.15) is 5.69 Å². The fourth-order valence-electron chi connectivity index (χ4n) is 2.20. The van der Waals surface area contributed by atoms with E-state index in [1.807, 2.05) is 17.5 Å². The molecule has 9 nitrogen and oxygen atoms in total. The van der Waals surface area contributed by atoms with Gasteiger partial charge in [-0.25, -0.2) is 4.79 Å². The lowest BCUT2D eigenvalue weighted by Gasteiger charge is -2.08. The van der Waals surface area contributed by atoms with Crippen molar-refractivity contribution in [3.63, 3.8) is 0 Å². The number of rotatable bonds is 5. The summed E-state index contributed by atoms with van der Waals surface area (Å²) in [7, 11) is 2.77. The topological polar surface area (TPSA) is 112 Å². The SMILES string of the molecule is Cn1c(C(=O)NCc2noc(Cc3cccs3)n2)cc(=O)n(C)c1=O. The first-order valence-electron chi connectivity index (χ1n) is 7.35. The molecule has 0 atom stereocenters. The molecular formula is C15H15N5O4S. The smallest absolute Gasteiger partial charge is 0.331 e. The van der Waals surface area contributed by atoms with Crippen molar-refractivity contribution in [1.82, 2.24) is 24.6 Å². The molecule has 0 saturated carbocycles. The van der Waals surface area contributed by atoms with Gasteiger partial charge in [-0.15, -0.1) is 11.3 Å². The van der Waals surface area contributed by atoms with E-state index in [9.17, 15) is 14.4 Å². The summed E-state index contributed by atoms with van der Waals surface area (Å²) in [6.07, 6.45) is 0.530. The first kappa shape index (κ1) is 16.8. The Bertz CT molecular complexity index is 1020. The van der Waals surface area contributed by atoms with Crippen molar-refractivity contribution in [3.8, 4) is 0 Å². The van der Waals surface area contributed by atoms with E-state index in [1.54, 1.807) is 11.3 Å². The lowest BCUT2D eigenvalue weighted by atomic mass is 10.3. The predicted molar refractivity (Wildman–Crippen MR) is 89.5 cm³/mol. The molecule has 1 N–H and O–H groups in total. The summed E-state index contributed by atoms with van der Waals surface area (Å²) in [6, 6.07) is 5.01. The molecule has 1 amide bonds. The summed E-state index contributed by atoms with van der Waals surface area (Å²) in [5.74, 6) is 0.198. The van der Waals surface area contributed by atoms with Crippen molar-refractivity contribution in [2.45, 2.75) is 13.0 Å². The molecule has 0 unspecified atom stereocenters. The number of aromatic nitrogens is 4. The first-order chi connectivity index (χ1) is 12.0. The second-order valence-electron chi connectivity index (χ2n) is 5.31. The van der Waals surface area contributed by atoms with Crippen molar-refractivity contribution in [2.24, 2.45) is 14.1 Å². The van der Waals surface area contributed by atoms with Crippen LogP contribution in [-0.4, -0.2) is 25.2 Å². The molecule has 0 aliphatic carbocycles. The van der Waals surface area contributed by atoms with Gasteiger partial charge in [0, 0.05) is 25.0 Å². The van der Waals surface area contributed by atoms with Crippen LogP contribution in [0.5, 0.6) is 0 Å². The molecule has 0 aromatic carbocycles. The van der Waals surface area contributed by atoms with E-state index in [4.69, 9.17) is 4.52 Å². The average Bonchev–Trinajstić information content (AvgIpc) is 3.26. The summed E-state index contributed by atoms with van der Waals surface area (Å²) in [4.78, 5) is 41.0. The van der Waals surface area contributed by atoms with Gasteiger partial charge in [-0.2, -0.15) is 4.98 Å². The minimum absolute atomic E-state index is 0.0240. The molecule has 130 valence electrons. The highest BCUT2D eigenvalue weighted by atomic mass is 32.1. The Hall–Kier alpha value is -3.01. The van der Waals surface area contributed by atoms with Gasteiger partial charge in [-0.05, 0) is 11.4 Å². The van der Waals surface area contributed by atoms with Crippen molar-refractivity contribution < 1.29 is 9.32 Å². The maximum absolute atomic E-state index is 12.2. The largest absolute Gasteiger partial charge is 0.343 e. The number of hydrogen-bond acceptors (Lipinski definition) is 7. The van der Waals surface area contributed by atoms with Crippen LogP contribution >= 0.6 is 11.3 Å². The standard InChI is InChI=1S/C15H15N5O4S/c1-19-10(7-13(21)20(2)15(19)23)14(22)16-8-11-17-12(24-18-11)6-9-4-3-5-25-9/h3-5,7H,6,8H2,1-2H3,(H,16,22). The van der Waals surface area contributed by atoms with Crippen molar-refractivity contribution >= 4 is 17.2 Å². The molecule has 0 bridgehead atoms. The molecule has 3 heterocycles.